The number of hydrogen-bond donors (Lipinski definition) is 0. The number of benzene rings is 2. The third kappa shape index (κ3) is 3.08. The van der Waals surface area contributed by atoms with E-state index in [1.165, 1.54) is 11.4 Å². The van der Waals surface area contributed by atoms with E-state index in [1.807, 2.05) is 0 Å². The quantitative estimate of drug-likeness (QED) is 0.629. The van der Waals surface area contributed by atoms with Crippen molar-refractivity contribution >= 4 is 11.4 Å². The van der Waals surface area contributed by atoms with Crippen molar-refractivity contribution in [3.8, 4) is 11.5 Å². The van der Waals surface area contributed by atoms with Crippen LogP contribution in [0.5, 0.6) is 11.5 Å². The first-order chi connectivity index (χ1) is 11.7. The summed E-state index contributed by atoms with van der Waals surface area (Å²) in [7, 11) is 0. The van der Waals surface area contributed by atoms with E-state index >= 15 is 0 Å². The predicted octanol–water partition coefficient (Wildman–Crippen LogP) is 5.09. The average Bonchev–Trinajstić information content (AvgIpc) is 2.62. The van der Waals surface area contributed by atoms with Gasteiger partial charge in [0.15, 0.2) is 0 Å². The Hall–Kier alpha value is -2.16. The van der Waals surface area contributed by atoms with Crippen molar-refractivity contribution in [1.82, 2.24) is 0 Å². The molecule has 2 aromatic carbocycles. The van der Waals surface area contributed by atoms with Gasteiger partial charge in [-0.25, -0.2) is 0 Å². The molecule has 3 rings (SSSR count). The molecule has 0 aromatic heterocycles. The molecule has 1 radical (unpaired) electrons. The molecule has 0 spiro atoms. The zero-order chi connectivity index (χ0) is 17.1. The summed E-state index contributed by atoms with van der Waals surface area (Å²) in [6, 6.07) is 13.0. The van der Waals surface area contributed by atoms with Crippen LogP contribution in [0.4, 0.5) is 11.4 Å². The molecule has 0 aliphatic carbocycles. The highest BCUT2D eigenvalue weighted by Crippen LogP contribution is 2.41. The first-order valence-corrected chi connectivity index (χ1v) is 9.00. The van der Waals surface area contributed by atoms with Gasteiger partial charge in [-0.15, -0.1) is 0 Å². The van der Waals surface area contributed by atoms with E-state index in [2.05, 4.69) is 80.3 Å². The maximum Gasteiger partial charge on any atom is 0.133 e. The molecule has 0 atom stereocenters. The van der Waals surface area contributed by atoms with E-state index in [0.717, 1.165) is 48.8 Å². The summed E-state index contributed by atoms with van der Waals surface area (Å²) in [6.07, 6.45) is 2.21. The fourth-order valence-electron chi connectivity index (χ4n) is 3.32. The zero-order valence-electron chi connectivity index (χ0n) is 15.2. The Morgan fingerprint density at radius 1 is 0.667 bits per heavy atom. The molecular weight excluding hydrogens is 296 g/mol. The van der Waals surface area contributed by atoms with Gasteiger partial charge in [-0.05, 0) is 39.8 Å². The first kappa shape index (κ1) is 16.7. The van der Waals surface area contributed by atoms with Gasteiger partial charge in [0.2, 0.25) is 0 Å². The molecule has 1 aliphatic heterocycles. The van der Waals surface area contributed by atoms with Crippen LogP contribution in [0.1, 0.15) is 38.8 Å². The van der Waals surface area contributed by atoms with Crippen molar-refractivity contribution < 1.29 is 4.74 Å². The van der Waals surface area contributed by atoms with Crippen LogP contribution in [0.2, 0.25) is 0 Å². The highest BCUT2D eigenvalue weighted by Gasteiger charge is 2.19. The summed E-state index contributed by atoms with van der Waals surface area (Å²) in [5, 5.41) is 0. The van der Waals surface area contributed by atoms with Gasteiger partial charge in [-0.2, -0.15) is 0 Å². The van der Waals surface area contributed by atoms with Crippen molar-refractivity contribution in [2.75, 3.05) is 36.0 Å². The summed E-state index contributed by atoms with van der Waals surface area (Å²) >= 11 is 0. The average molecular weight is 323 g/mol. The summed E-state index contributed by atoms with van der Waals surface area (Å²) in [5.74, 6) is 1.90. The molecule has 0 amide bonds. The second-order valence-electron chi connectivity index (χ2n) is 6.04. The normalized spacial score (nSPS) is 12.2. The monoisotopic (exact) mass is 323 g/mol. The lowest BCUT2D eigenvalue weighted by atomic mass is 9.99. The van der Waals surface area contributed by atoms with Crippen molar-refractivity contribution in [3.63, 3.8) is 0 Å². The van der Waals surface area contributed by atoms with Crippen LogP contribution in [0.3, 0.4) is 0 Å². The minimum atomic E-state index is 0.948. The molecule has 2 aromatic rings. The van der Waals surface area contributed by atoms with E-state index in [9.17, 15) is 0 Å². The lowest BCUT2D eigenvalue weighted by molar-refractivity contribution is 0.469. The summed E-state index contributed by atoms with van der Waals surface area (Å²) in [4.78, 5) is 4.68. The third-order valence-electron chi connectivity index (χ3n) is 4.78. The minimum Gasteiger partial charge on any atom is -0.457 e. The van der Waals surface area contributed by atoms with E-state index in [1.54, 1.807) is 0 Å². The Morgan fingerprint density at radius 2 is 1.08 bits per heavy atom. The number of nitrogens with zero attached hydrogens (tertiary/aromatic N) is 2. The fourth-order valence-corrected chi connectivity index (χ4v) is 3.32. The number of ether oxygens (including phenoxy) is 1. The highest BCUT2D eigenvalue weighted by atomic mass is 16.5. The second kappa shape index (κ2) is 7.16. The van der Waals surface area contributed by atoms with Gasteiger partial charge in [0, 0.05) is 67.2 Å². The van der Waals surface area contributed by atoms with Gasteiger partial charge in [-0.3, -0.25) is 0 Å². The van der Waals surface area contributed by atoms with Gasteiger partial charge in [0.05, 0.1) is 0 Å². The standard InChI is InChI=1S/C21H27N2O/c1-5-22(6-2)18-11-9-16-13-17-10-12-19(23(7-3)8-4)15-21(17)24-20(16)14-18/h9-15H,5-8H2,1-4H3. The van der Waals surface area contributed by atoms with Gasteiger partial charge in [-0.1, -0.05) is 12.1 Å². The Balaban J connectivity index is 1.91. The lowest BCUT2D eigenvalue weighted by Gasteiger charge is -2.27. The van der Waals surface area contributed by atoms with Crippen LogP contribution < -0.4 is 14.5 Å². The van der Waals surface area contributed by atoms with Gasteiger partial charge < -0.3 is 14.5 Å². The van der Waals surface area contributed by atoms with E-state index in [-0.39, 0.29) is 0 Å². The smallest absolute Gasteiger partial charge is 0.133 e. The van der Waals surface area contributed by atoms with Crippen molar-refractivity contribution in [3.05, 3.63) is 53.9 Å². The molecule has 3 nitrogen and oxygen atoms in total. The summed E-state index contributed by atoms with van der Waals surface area (Å²) < 4.78 is 6.25. The van der Waals surface area contributed by atoms with Gasteiger partial charge in [0.25, 0.3) is 0 Å². The maximum absolute atomic E-state index is 6.25. The lowest BCUT2D eigenvalue weighted by Crippen LogP contribution is -2.22. The van der Waals surface area contributed by atoms with Gasteiger partial charge >= 0.3 is 0 Å². The Morgan fingerprint density at radius 3 is 1.46 bits per heavy atom. The molecule has 0 bridgehead atoms. The SMILES string of the molecule is CCN(CC)c1ccc2c(c1)Oc1cc(N(CC)CC)ccc1[CH]2. The van der Waals surface area contributed by atoms with Crippen LogP contribution in [-0.4, -0.2) is 26.2 Å². The van der Waals surface area contributed by atoms with Crippen molar-refractivity contribution in [2.45, 2.75) is 27.7 Å². The van der Waals surface area contributed by atoms with Crippen molar-refractivity contribution in [2.24, 2.45) is 0 Å². The number of rotatable bonds is 6. The van der Waals surface area contributed by atoms with Gasteiger partial charge in [0.1, 0.15) is 11.5 Å². The summed E-state index contributed by atoms with van der Waals surface area (Å²) in [6.45, 7) is 12.7. The largest absolute Gasteiger partial charge is 0.457 e. The highest BCUT2D eigenvalue weighted by molar-refractivity contribution is 5.65. The van der Waals surface area contributed by atoms with E-state index < -0.39 is 0 Å². The predicted molar refractivity (Wildman–Crippen MR) is 103 cm³/mol. The fraction of sp³-hybridized carbons (Fsp3) is 0.381. The van der Waals surface area contributed by atoms with Crippen LogP contribution in [0.25, 0.3) is 0 Å². The van der Waals surface area contributed by atoms with Crippen molar-refractivity contribution in [1.29, 1.82) is 0 Å². The Bertz CT molecular complexity index is 643. The molecular formula is C21H27N2O. The molecule has 1 aliphatic rings. The molecule has 3 heteroatoms. The Kier molecular flexibility index (Phi) is 4.98. The second-order valence-corrected chi connectivity index (χ2v) is 6.04. The summed E-state index contributed by atoms with van der Waals surface area (Å²) in [5.41, 5.74) is 4.73. The zero-order valence-corrected chi connectivity index (χ0v) is 15.2. The van der Waals surface area contributed by atoms with E-state index in [0.29, 0.717) is 0 Å². The number of anilines is 2. The molecule has 0 saturated carbocycles. The van der Waals surface area contributed by atoms with Crippen LogP contribution in [-0.2, 0) is 0 Å². The molecule has 0 unspecified atom stereocenters. The van der Waals surface area contributed by atoms with Crippen LogP contribution >= 0.6 is 0 Å². The molecule has 0 fully saturated rings. The molecule has 0 saturated heterocycles. The molecule has 24 heavy (non-hydrogen) atoms. The Labute approximate surface area is 145 Å². The minimum absolute atomic E-state index is 0.948. The van der Waals surface area contributed by atoms with Crippen LogP contribution in [0, 0.1) is 6.42 Å². The van der Waals surface area contributed by atoms with Crippen LogP contribution in [0.15, 0.2) is 36.4 Å². The number of fused-ring (bicyclic) bond motifs is 2. The first-order valence-electron chi connectivity index (χ1n) is 9.00. The van der Waals surface area contributed by atoms with E-state index in [4.69, 9.17) is 4.74 Å². The number of hydrogen-bond acceptors (Lipinski definition) is 3. The molecule has 0 N–H and O–H groups in total. The topological polar surface area (TPSA) is 15.7 Å². The molecule has 1 heterocycles. The maximum atomic E-state index is 6.25. The molecule has 127 valence electrons. The third-order valence-corrected chi connectivity index (χ3v) is 4.78.